The largest absolute Gasteiger partial charge is 0.270 e. The fourth-order valence-corrected chi connectivity index (χ4v) is 4.01. The van der Waals surface area contributed by atoms with E-state index in [-0.39, 0.29) is 11.0 Å². The normalized spacial score (nSPS) is 16.1. The number of benzene rings is 1. The van der Waals surface area contributed by atoms with Crippen molar-refractivity contribution in [3.8, 4) is 11.8 Å². The highest BCUT2D eigenvalue weighted by Crippen LogP contribution is 2.30. The second kappa shape index (κ2) is 8.37. The Balaban J connectivity index is 2.42. The summed E-state index contributed by atoms with van der Waals surface area (Å²) >= 11 is 3.67. The fraction of sp³-hybridized carbons (Fsp3) is 0.522. The van der Waals surface area contributed by atoms with Crippen LogP contribution in [0.2, 0.25) is 0 Å². The molecule has 1 aliphatic carbocycles. The van der Waals surface area contributed by atoms with Crippen molar-refractivity contribution >= 4 is 21.6 Å². The van der Waals surface area contributed by atoms with Crippen LogP contribution in [0.4, 0.5) is 0 Å². The fourth-order valence-electron chi connectivity index (χ4n) is 3.54. The number of hydrogen-bond acceptors (Lipinski definition) is 1. The second-order valence-corrected chi connectivity index (χ2v) is 9.57. The molecule has 2 rings (SSSR count). The molecule has 0 heterocycles. The van der Waals surface area contributed by atoms with Crippen molar-refractivity contribution in [2.45, 2.75) is 72.3 Å². The van der Waals surface area contributed by atoms with Crippen LogP contribution in [0.1, 0.15) is 72.3 Å². The van der Waals surface area contributed by atoms with Crippen molar-refractivity contribution in [3.63, 3.8) is 0 Å². The highest BCUT2D eigenvalue weighted by atomic mass is 79.9. The van der Waals surface area contributed by atoms with Crippen molar-refractivity contribution < 1.29 is 0 Å². The third-order valence-electron chi connectivity index (χ3n) is 4.14. The van der Waals surface area contributed by atoms with E-state index in [0.29, 0.717) is 0 Å². The van der Waals surface area contributed by atoms with Crippen LogP contribution < -0.4 is 0 Å². The van der Waals surface area contributed by atoms with Gasteiger partial charge >= 0.3 is 0 Å². The number of hydrogen-bond donors (Lipinski definition) is 0. The average Bonchev–Trinajstić information content (AvgIpc) is 2.50. The van der Waals surface area contributed by atoms with E-state index in [4.69, 9.17) is 4.99 Å². The summed E-state index contributed by atoms with van der Waals surface area (Å²) in [5.74, 6) is 6.78. The predicted molar refractivity (Wildman–Crippen MR) is 113 cm³/mol. The van der Waals surface area contributed by atoms with Gasteiger partial charge in [-0.15, -0.1) is 0 Å². The molecule has 25 heavy (non-hydrogen) atoms. The SMILES string of the molecule is CC(C)(C)CC(C)(C)N=C(C#CC1=CCCCC1)c1ccccc1Br. The third kappa shape index (κ3) is 6.83. The van der Waals surface area contributed by atoms with Gasteiger partial charge in [-0.2, -0.15) is 0 Å². The van der Waals surface area contributed by atoms with E-state index in [2.05, 4.69) is 80.6 Å². The van der Waals surface area contributed by atoms with Gasteiger partial charge in [0.2, 0.25) is 0 Å². The van der Waals surface area contributed by atoms with Gasteiger partial charge in [-0.1, -0.05) is 66.9 Å². The van der Waals surface area contributed by atoms with Crippen LogP contribution in [-0.4, -0.2) is 11.3 Å². The smallest absolute Gasteiger partial charge is 0.116 e. The lowest BCUT2D eigenvalue weighted by molar-refractivity contribution is 0.288. The Labute approximate surface area is 162 Å². The zero-order valence-electron chi connectivity index (χ0n) is 16.2. The summed E-state index contributed by atoms with van der Waals surface area (Å²) in [5.41, 5.74) is 3.30. The molecule has 0 spiro atoms. The highest BCUT2D eigenvalue weighted by Gasteiger charge is 2.25. The minimum Gasteiger partial charge on any atom is -0.270 e. The van der Waals surface area contributed by atoms with Gasteiger partial charge in [-0.05, 0) is 68.9 Å². The molecule has 0 aliphatic heterocycles. The van der Waals surface area contributed by atoms with Crippen LogP contribution in [-0.2, 0) is 0 Å². The molecule has 1 aromatic rings. The Morgan fingerprint density at radius 1 is 1.12 bits per heavy atom. The van der Waals surface area contributed by atoms with Gasteiger partial charge in [0, 0.05) is 10.0 Å². The first-order valence-corrected chi connectivity index (χ1v) is 10.0. The number of aliphatic imine (C=N–C) groups is 1. The first-order valence-electron chi connectivity index (χ1n) is 9.22. The van der Waals surface area contributed by atoms with Gasteiger partial charge in [-0.25, -0.2) is 0 Å². The van der Waals surface area contributed by atoms with Crippen molar-refractivity contribution in [1.82, 2.24) is 0 Å². The van der Waals surface area contributed by atoms with Crippen molar-refractivity contribution in [3.05, 3.63) is 46.0 Å². The Bertz CT molecular complexity index is 720. The Morgan fingerprint density at radius 3 is 2.44 bits per heavy atom. The summed E-state index contributed by atoms with van der Waals surface area (Å²) in [6, 6.07) is 8.24. The molecule has 1 aliphatic rings. The Hall–Kier alpha value is -1.33. The van der Waals surface area contributed by atoms with Crippen LogP contribution in [0, 0.1) is 17.3 Å². The summed E-state index contributed by atoms with van der Waals surface area (Å²) in [7, 11) is 0. The zero-order chi connectivity index (χ0) is 18.5. The van der Waals surface area contributed by atoms with Gasteiger partial charge in [0.15, 0.2) is 0 Å². The maximum absolute atomic E-state index is 5.10. The summed E-state index contributed by atoms with van der Waals surface area (Å²) in [6.07, 6.45) is 8.09. The standard InChI is InChI=1S/C23H30BrN/c1-22(2,3)17-23(4,5)25-21(19-13-9-10-14-20(19)24)16-15-18-11-7-6-8-12-18/h9-11,13-14H,6-8,12,17H2,1-5H3. The van der Waals surface area contributed by atoms with Crippen molar-refractivity contribution in [1.29, 1.82) is 0 Å². The van der Waals surface area contributed by atoms with Gasteiger partial charge in [-0.3, -0.25) is 4.99 Å². The summed E-state index contributed by atoms with van der Waals surface area (Å²) in [5, 5.41) is 0. The lowest BCUT2D eigenvalue weighted by Gasteiger charge is -2.29. The number of rotatable bonds is 3. The summed E-state index contributed by atoms with van der Waals surface area (Å²) in [6.45, 7) is 11.2. The van der Waals surface area contributed by atoms with E-state index in [1.54, 1.807) is 0 Å². The molecule has 0 aromatic heterocycles. The van der Waals surface area contributed by atoms with E-state index in [9.17, 15) is 0 Å². The molecule has 0 atom stereocenters. The van der Waals surface area contributed by atoms with E-state index < -0.39 is 0 Å². The molecular weight excluding hydrogens is 370 g/mol. The summed E-state index contributed by atoms with van der Waals surface area (Å²) in [4.78, 5) is 5.10. The molecular formula is C23H30BrN. The molecule has 1 aromatic carbocycles. The van der Waals surface area contributed by atoms with E-state index in [1.165, 1.54) is 18.4 Å². The van der Waals surface area contributed by atoms with Crippen LogP contribution in [0.5, 0.6) is 0 Å². The zero-order valence-corrected chi connectivity index (χ0v) is 17.8. The third-order valence-corrected chi connectivity index (χ3v) is 4.83. The summed E-state index contributed by atoms with van der Waals surface area (Å²) < 4.78 is 1.05. The maximum Gasteiger partial charge on any atom is 0.116 e. The predicted octanol–water partition coefficient (Wildman–Crippen LogP) is 6.96. The Kier molecular flexibility index (Phi) is 6.69. The highest BCUT2D eigenvalue weighted by molar-refractivity contribution is 9.10. The number of nitrogens with zero attached hydrogens (tertiary/aromatic N) is 1. The Morgan fingerprint density at radius 2 is 1.84 bits per heavy atom. The number of allylic oxidation sites excluding steroid dienone is 2. The topological polar surface area (TPSA) is 12.4 Å². The molecule has 0 unspecified atom stereocenters. The minimum atomic E-state index is -0.154. The van der Waals surface area contributed by atoms with E-state index in [1.807, 2.05) is 12.1 Å². The molecule has 0 bridgehead atoms. The van der Waals surface area contributed by atoms with Crippen LogP contribution in [0.3, 0.4) is 0 Å². The lowest BCUT2D eigenvalue weighted by Crippen LogP contribution is -2.26. The van der Waals surface area contributed by atoms with Crippen molar-refractivity contribution in [2.24, 2.45) is 10.4 Å². The molecule has 0 saturated carbocycles. The molecule has 0 saturated heterocycles. The molecule has 0 amide bonds. The first-order chi connectivity index (χ1) is 11.7. The first kappa shape index (κ1) is 20.0. The molecule has 0 radical (unpaired) electrons. The quantitative estimate of drug-likeness (QED) is 0.384. The molecule has 2 heteroatoms. The van der Waals surface area contributed by atoms with Gasteiger partial charge < -0.3 is 0 Å². The van der Waals surface area contributed by atoms with E-state index >= 15 is 0 Å². The molecule has 134 valence electrons. The van der Waals surface area contributed by atoms with Crippen molar-refractivity contribution in [2.75, 3.05) is 0 Å². The van der Waals surface area contributed by atoms with Crippen LogP contribution in [0.15, 0.2) is 45.4 Å². The monoisotopic (exact) mass is 399 g/mol. The average molecular weight is 400 g/mol. The van der Waals surface area contributed by atoms with Gasteiger partial charge in [0.05, 0.1) is 5.54 Å². The molecule has 0 N–H and O–H groups in total. The molecule has 0 fully saturated rings. The second-order valence-electron chi connectivity index (χ2n) is 8.72. The molecule has 1 nitrogen and oxygen atoms in total. The minimum absolute atomic E-state index is 0.154. The lowest BCUT2D eigenvalue weighted by atomic mass is 9.82. The van der Waals surface area contributed by atoms with Crippen LogP contribution in [0.25, 0.3) is 0 Å². The number of halogens is 1. The van der Waals surface area contributed by atoms with Crippen LogP contribution >= 0.6 is 15.9 Å². The maximum atomic E-state index is 5.10. The van der Waals surface area contributed by atoms with E-state index in [0.717, 1.165) is 35.0 Å². The van der Waals surface area contributed by atoms with Gasteiger partial charge in [0.25, 0.3) is 0 Å². The van der Waals surface area contributed by atoms with Gasteiger partial charge in [0.1, 0.15) is 5.71 Å².